The van der Waals surface area contributed by atoms with Crippen LogP contribution in [0, 0.1) is 5.92 Å². The molecule has 2 aromatic heterocycles. The molecule has 29 heavy (non-hydrogen) atoms. The predicted molar refractivity (Wildman–Crippen MR) is 113 cm³/mol. The van der Waals surface area contributed by atoms with Gasteiger partial charge in [-0.3, -0.25) is 4.79 Å². The molecular formula is C22H31N5O2. The number of anilines is 1. The Balaban J connectivity index is 1.45. The third kappa shape index (κ3) is 4.50. The third-order valence-corrected chi connectivity index (χ3v) is 6.02. The number of pyridine rings is 1. The van der Waals surface area contributed by atoms with Crippen molar-refractivity contribution in [3.05, 3.63) is 23.7 Å². The fourth-order valence-corrected chi connectivity index (χ4v) is 4.33. The van der Waals surface area contributed by atoms with E-state index in [2.05, 4.69) is 40.1 Å². The number of nitrogens with zero attached hydrogens (tertiary/aromatic N) is 4. The maximum atomic E-state index is 12.7. The molecule has 0 aliphatic carbocycles. The van der Waals surface area contributed by atoms with E-state index in [4.69, 9.17) is 9.72 Å². The zero-order valence-electron chi connectivity index (χ0n) is 17.5. The third-order valence-electron chi connectivity index (χ3n) is 6.02. The summed E-state index contributed by atoms with van der Waals surface area (Å²) < 4.78 is 5.61. The van der Waals surface area contributed by atoms with E-state index in [1.54, 1.807) is 0 Å². The summed E-state index contributed by atoms with van der Waals surface area (Å²) in [6, 6.07) is 2.07. The van der Waals surface area contributed by atoms with E-state index in [-0.39, 0.29) is 17.9 Å². The number of amides is 1. The first-order valence-electron chi connectivity index (χ1n) is 11.0. The number of rotatable bonds is 6. The molecule has 4 rings (SSSR count). The van der Waals surface area contributed by atoms with Crippen molar-refractivity contribution < 1.29 is 9.53 Å². The van der Waals surface area contributed by atoms with Gasteiger partial charge in [-0.25, -0.2) is 15.0 Å². The van der Waals surface area contributed by atoms with Crippen molar-refractivity contribution in [2.75, 3.05) is 31.1 Å². The highest BCUT2D eigenvalue weighted by atomic mass is 16.5. The Bertz CT molecular complexity index is 866. The molecule has 1 N–H and O–H groups in total. The molecule has 7 nitrogen and oxygen atoms in total. The minimum atomic E-state index is 0.000560. The van der Waals surface area contributed by atoms with Gasteiger partial charge in [0.15, 0.2) is 5.65 Å². The molecular weight excluding hydrogens is 366 g/mol. The molecule has 4 heterocycles. The van der Waals surface area contributed by atoms with Crippen LogP contribution in [0.1, 0.15) is 50.9 Å². The van der Waals surface area contributed by atoms with Gasteiger partial charge in [0, 0.05) is 26.2 Å². The summed E-state index contributed by atoms with van der Waals surface area (Å²) in [5.41, 5.74) is 4.63. The first-order chi connectivity index (χ1) is 14.2. The number of ether oxygens (including phenoxy) is 1. The van der Waals surface area contributed by atoms with Crippen molar-refractivity contribution in [3.63, 3.8) is 0 Å². The van der Waals surface area contributed by atoms with Gasteiger partial charge >= 0.3 is 0 Å². The number of aromatic nitrogens is 3. The highest BCUT2D eigenvalue weighted by molar-refractivity contribution is 5.80. The van der Waals surface area contributed by atoms with Gasteiger partial charge in [-0.2, -0.15) is 0 Å². The Labute approximate surface area is 172 Å². The van der Waals surface area contributed by atoms with Crippen molar-refractivity contribution in [1.82, 2.24) is 20.3 Å². The normalized spacial score (nSPS) is 22.2. The average molecular weight is 398 g/mol. The van der Waals surface area contributed by atoms with Crippen LogP contribution in [0.2, 0.25) is 0 Å². The predicted octanol–water partition coefficient (Wildman–Crippen LogP) is 2.66. The van der Waals surface area contributed by atoms with Gasteiger partial charge in [0.2, 0.25) is 5.91 Å². The zero-order chi connectivity index (χ0) is 20.2. The number of aryl methyl sites for hydroxylation is 2. The SMILES string of the molecule is CCc1nc2cc(N3CCCC(C(=O)NCC4CCCO4)C3)cnc2nc1CC. The summed E-state index contributed by atoms with van der Waals surface area (Å²) in [7, 11) is 0. The molecule has 2 aliphatic heterocycles. The molecule has 0 spiro atoms. The second-order valence-corrected chi connectivity index (χ2v) is 8.03. The summed E-state index contributed by atoms with van der Waals surface area (Å²) >= 11 is 0. The lowest BCUT2D eigenvalue weighted by molar-refractivity contribution is -0.125. The Morgan fingerprint density at radius 2 is 2.03 bits per heavy atom. The highest BCUT2D eigenvalue weighted by Crippen LogP contribution is 2.25. The zero-order valence-corrected chi connectivity index (χ0v) is 17.5. The van der Waals surface area contributed by atoms with Crippen molar-refractivity contribution in [2.24, 2.45) is 5.92 Å². The summed E-state index contributed by atoms with van der Waals surface area (Å²) in [5, 5.41) is 3.10. The van der Waals surface area contributed by atoms with Gasteiger partial charge < -0.3 is 15.0 Å². The average Bonchev–Trinajstić information content (AvgIpc) is 3.29. The van der Waals surface area contributed by atoms with Gasteiger partial charge in [-0.05, 0) is 44.6 Å². The minimum Gasteiger partial charge on any atom is -0.376 e. The molecule has 2 aliphatic rings. The molecule has 7 heteroatoms. The lowest BCUT2D eigenvalue weighted by Gasteiger charge is -2.33. The summed E-state index contributed by atoms with van der Waals surface area (Å²) in [6.07, 6.45) is 7.84. The maximum Gasteiger partial charge on any atom is 0.224 e. The number of nitrogens with one attached hydrogen (secondary N) is 1. The quantitative estimate of drug-likeness (QED) is 0.807. The Hall–Kier alpha value is -2.28. The van der Waals surface area contributed by atoms with Crippen LogP contribution in [0.25, 0.3) is 11.2 Å². The fraction of sp³-hybridized carbons (Fsp3) is 0.636. The largest absolute Gasteiger partial charge is 0.376 e. The molecule has 0 saturated carbocycles. The van der Waals surface area contributed by atoms with Crippen LogP contribution >= 0.6 is 0 Å². The molecule has 2 saturated heterocycles. The van der Waals surface area contributed by atoms with Gasteiger partial charge in [-0.1, -0.05) is 13.8 Å². The van der Waals surface area contributed by atoms with Gasteiger partial charge in [-0.15, -0.1) is 0 Å². The fourth-order valence-electron chi connectivity index (χ4n) is 4.33. The van der Waals surface area contributed by atoms with Gasteiger partial charge in [0.25, 0.3) is 0 Å². The summed E-state index contributed by atoms with van der Waals surface area (Å²) in [6.45, 7) is 7.30. The van der Waals surface area contributed by atoms with E-state index in [9.17, 15) is 4.79 Å². The smallest absolute Gasteiger partial charge is 0.224 e. The molecule has 1 amide bonds. The first-order valence-corrected chi connectivity index (χ1v) is 11.0. The molecule has 0 bridgehead atoms. The number of hydrogen-bond acceptors (Lipinski definition) is 6. The Morgan fingerprint density at radius 1 is 1.21 bits per heavy atom. The van der Waals surface area contributed by atoms with Gasteiger partial charge in [0.05, 0.1) is 35.3 Å². The molecule has 156 valence electrons. The van der Waals surface area contributed by atoms with E-state index in [0.717, 1.165) is 74.3 Å². The van der Waals surface area contributed by atoms with Crippen LogP contribution < -0.4 is 10.2 Å². The number of piperidine rings is 1. The van der Waals surface area contributed by atoms with E-state index in [1.807, 2.05) is 6.20 Å². The van der Waals surface area contributed by atoms with E-state index in [1.165, 1.54) is 0 Å². The molecule has 0 radical (unpaired) electrons. The van der Waals surface area contributed by atoms with E-state index in [0.29, 0.717) is 18.7 Å². The molecule has 2 fully saturated rings. The number of hydrogen-bond donors (Lipinski definition) is 1. The second-order valence-electron chi connectivity index (χ2n) is 8.03. The minimum absolute atomic E-state index is 0.000560. The van der Waals surface area contributed by atoms with Crippen molar-refractivity contribution in [2.45, 2.75) is 58.5 Å². The first kappa shape index (κ1) is 20.0. The van der Waals surface area contributed by atoms with Crippen LogP contribution in [0.3, 0.4) is 0 Å². The van der Waals surface area contributed by atoms with E-state index < -0.39 is 0 Å². The molecule has 0 aromatic carbocycles. The number of fused-ring (bicyclic) bond motifs is 1. The molecule has 2 atom stereocenters. The van der Waals surface area contributed by atoms with Crippen LogP contribution in [0.15, 0.2) is 12.3 Å². The highest BCUT2D eigenvalue weighted by Gasteiger charge is 2.27. The second kappa shape index (κ2) is 9.03. The lowest BCUT2D eigenvalue weighted by Crippen LogP contribution is -2.44. The molecule has 2 unspecified atom stereocenters. The van der Waals surface area contributed by atoms with Crippen LogP contribution in [-0.4, -0.2) is 53.2 Å². The van der Waals surface area contributed by atoms with E-state index >= 15 is 0 Å². The monoisotopic (exact) mass is 397 g/mol. The topological polar surface area (TPSA) is 80.2 Å². The lowest BCUT2D eigenvalue weighted by atomic mass is 9.96. The number of carbonyl (C=O) groups is 1. The van der Waals surface area contributed by atoms with Crippen molar-refractivity contribution in [3.8, 4) is 0 Å². The summed E-state index contributed by atoms with van der Waals surface area (Å²) in [4.78, 5) is 29.0. The van der Waals surface area contributed by atoms with Crippen LogP contribution in [0.4, 0.5) is 5.69 Å². The van der Waals surface area contributed by atoms with Crippen LogP contribution in [-0.2, 0) is 22.4 Å². The Morgan fingerprint density at radius 3 is 2.79 bits per heavy atom. The Kier molecular flexibility index (Phi) is 6.23. The van der Waals surface area contributed by atoms with Crippen molar-refractivity contribution >= 4 is 22.8 Å². The number of carbonyl (C=O) groups excluding carboxylic acids is 1. The van der Waals surface area contributed by atoms with Crippen molar-refractivity contribution in [1.29, 1.82) is 0 Å². The summed E-state index contributed by atoms with van der Waals surface area (Å²) in [5.74, 6) is 0.139. The van der Waals surface area contributed by atoms with Gasteiger partial charge in [0.1, 0.15) is 5.52 Å². The van der Waals surface area contributed by atoms with Crippen LogP contribution in [0.5, 0.6) is 0 Å². The maximum absolute atomic E-state index is 12.7. The standard InChI is InChI=1S/C22H31N5O2/c1-3-18-19(4-2)26-21-20(25-18)11-16(12-23-21)27-9-5-7-15(14-27)22(28)24-13-17-8-6-10-29-17/h11-12,15,17H,3-10,13-14H2,1-2H3,(H,24,28). The molecule has 2 aromatic rings.